The van der Waals surface area contributed by atoms with Gasteiger partial charge in [0.1, 0.15) is 5.82 Å². The Balaban J connectivity index is 2.23. The van der Waals surface area contributed by atoms with Crippen LogP contribution in [0.4, 0.5) is 15.8 Å². The smallest absolute Gasteiger partial charge is 0.257 e. The van der Waals surface area contributed by atoms with E-state index in [1.165, 1.54) is 12.1 Å². The summed E-state index contributed by atoms with van der Waals surface area (Å²) < 4.78 is 13.1. The summed E-state index contributed by atoms with van der Waals surface area (Å²) in [5.74, 6) is -0.896. The van der Waals surface area contributed by atoms with Crippen LogP contribution >= 0.6 is 0 Å². The minimum Gasteiger partial charge on any atom is -0.398 e. The van der Waals surface area contributed by atoms with E-state index in [4.69, 9.17) is 5.73 Å². The second-order valence-electron chi connectivity index (χ2n) is 4.24. The number of aryl methyl sites for hydroxylation is 1. The van der Waals surface area contributed by atoms with Gasteiger partial charge in [-0.15, -0.1) is 0 Å². The zero-order valence-corrected chi connectivity index (χ0v) is 10.6. The molecular weight excluding hydrogens is 243 g/mol. The Kier molecular flexibility index (Phi) is 3.80. The van der Waals surface area contributed by atoms with Crippen molar-refractivity contribution in [3.05, 3.63) is 59.4 Å². The molecule has 0 atom stereocenters. The number of anilines is 2. The fraction of sp³-hybridized carbons (Fsp3) is 0.133. The lowest BCUT2D eigenvalue weighted by atomic mass is 10.1. The molecule has 1 amide bonds. The van der Waals surface area contributed by atoms with E-state index in [0.717, 1.165) is 18.1 Å². The van der Waals surface area contributed by atoms with Crippen LogP contribution in [0.25, 0.3) is 0 Å². The minimum atomic E-state index is -0.485. The Bertz CT molecular complexity index is 611. The molecule has 0 saturated heterocycles. The third kappa shape index (κ3) is 3.10. The van der Waals surface area contributed by atoms with E-state index in [0.29, 0.717) is 5.69 Å². The van der Waals surface area contributed by atoms with Gasteiger partial charge in [0.2, 0.25) is 0 Å². The standard InChI is InChI=1S/C15H15FN2O/c1-2-10-4-3-5-12(8-10)18-15(19)13-9-11(16)6-7-14(13)17/h3-9H,2,17H2,1H3,(H,18,19). The average molecular weight is 258 g/mol. The first-order valence-corrected chi connectivity index (χ1v) is 6.05. The molecule has 0 fully saturated rings. The molecule has 2 aromatic carbocycles. The molecule has 2 aromatic rings. The van der Waals surface area contributed by atoms with Crippen LogP contribution in [0.2, 0.25) is 0 Å². The molecule has 0 spiro atoms. The quantitative estimate of drug-likeness (QED) is 0.830. The van der Waals surface area contributed by atoms with Crippen molar-refractivity contribution in [2.45, 2.75) is 13.3 Å². The van der Waals surface area contributed by atoms with Crippen molar-refractivity contribution in [3.8, 4) is 0 Å². The topological polar surface area (TPSA) is 55.1 Å². The number of halogens is 1. The molecule has 3 N–H and O–H groups in total. The van der Waals surface area contributed by atoms with Gasteiger partial charge in [0.25, 0.3) is 5.91 Å². The number of carbonyl (C=O) groups is 1. The number of amides is 1. The van der Waals surface area contributed by atoms with Gasteiger partial charge in [-0.3, -0.25) is 4.79 Å². The summed E-state index contributed by atoms with van der Waals surface area (Å²) in [6.07, 6.45) is 0.881. The van der Waals surface area contributed by atoms with Gasteiger partial charge in [-0.2, -0.15) is 0 Å². The Labute approximate surface area is 111 Å². The number of carbonyl (C=O) groups excluding carboxylic acids is 1. The first kappa shape index (κ1) is 13.1. The maximum absolute atomic E-state index is 13.1. The van der Waals surface area contributed by atoms with Gasteiger partial charge >= 0.3 is 0 Å². The number of benzene rings is 2. The Hall–Kier alpha value is -2.36. The molecule has 0 aliphatic carbocycles. The van der Waals surface area contributed by atoms with E-state index in [1.807, 2.05) is 25.1 Å². The van der Waals surface area contributed by atoms with Crippen molar-refractivity contribution in [2.75, 3.05) is 11.1 Å². The van der Waals surface area contributed by atoms with Crippen molar-refractivity contribution in [2.24, 2.45) is 0 Å². The first-order valence-electron chi connectivity index (χ1n) is 6.05. The van der Waals surface area contributed by atoms with Crippen molar-refractivity contribution in [3.63, 3.8) is 0 Å². The molecule has 0 saturated carbocycles. The SMILES string of the molecule is CCc1cccc(NC(=O)c2cc(F)ccc2N)c1. The van der Waals surface area contributed by atoms with E-state index in [-0.39, 0.29) is 11.3 Å². The van der Waals surface area contributed by atoms with Crippen molar-refractivity contribution in [1.82, 2.24) is 0 Å². The molecule has 0 aromatic heterocycles. The highest BCUT2D eigenvalue weighted by Gasteiger charge is 2.11. The number of rotatable bonds is 3. The highest BCUT2D eigenvalue weighted by Crippen LogP contribution is 2.17. The summed E-state index contributed by atoms with van der Waals surface area (Å²) in [5.41, 5.74) is 7.86. The number of nitrogens with two attached hydrogens (primary N) is 1. The van der Waals surface area contributed by atoms with Crippen LogP contribution in [-0.2, 0) is 6.42 Å². The summed E-state index contributed by atoms with van der Waals surface area (Å²) in [7, 11) is 0. The van der Waals surface area contributed by atoms with Crippen LogP contribution in [-0.4, -0.2) is 5.91 Å². The molecule has 3 nitrogen and oxygen atoms in total. The van der Waals surface area contributed by atoms with Crippen LogP contribution < -0.4 is 11.1 Å². The van der Waals surface area contributed by atoms with Crippen LogP contribution in [0, 0.1) is 5.82 Å². The summed E-state index contributed by atoms with van der Waals surface area (Å²) in [4.78, 5) is 12.0. The number of nitrogens with one attached hydrogen (secondary N) is 1. The van der Waals surface area contributed by atoms with Gasteiger partial charge < -0.3 is 11.1 Å². The number of nitrogen functional groups attached to an aromatic ring is 1. The lowest BCUT2D eigenvalue weighted by molar-refractivity contribution is 0.102. The molecule has 0 radical (unpaired) electrons. The molecule has 98 valence electrons. The Morgan fingerprint density at radius 3 is 2.79 bits per heavy atom. The van der Waals surface area contributed by atoms with E-state index >= 15 is 0 Å². The number of hydrogen-bond acceptors (Lipinski definition) is 2. The maximum Gasteiger partial charge on any atom is 0.257 e. The molecule has 4 heteroatoms. The van der Waals surface area contributed by atoms with Crippen molar-refractivity contribution < 1.29 is 9.18 Å². The fourth-order valence-electron chi connectivity index (χ4n) is 1.79. The molecular formula is C15H15FN2O. The molecule has 0 unspecified atom stereocenters. The Morgan fingerprint density at radius 1 is 1.26 bits per heavy atom. The van der Waals surface area contributed by atoms with Gasteiger partial charge in [0.15, 0.2) is 0 Å². The molecule has 0 aliphatic rings. The second-order valence-corrected chi connectivity index (χ2v) is 4.24. The van der Waals surface area contributed by atoms with Crippen LogP contribution in [0.3, 0.4) is 0 Å². The fourth-order valence-corrected chi connectivity index (χ4v) is 1.79. The summed E-state index contributed by atoms with van der Waals surface area (Å²) in [6.45, 7) is 2.03. The monoisotopic (exact) mass is 258 g/mol. The molecule has 19 heavy (non-hydrogen) atoms. The second kappa shape index (κ2) is 5.52. The van der Waals surface area contributed by atoms with Crippen molar-refractivity contribution >= 4 is 17.3 Å². The summed E-state index contributed by atoms with van der Waals surface area (Å²) >= 11 is 0. The van der Waals surface area contributed by atoms with E-state index in [9.17, 15) is 9.18 Å². The maximum atomic E-state index is 13.1. The third-order valence-electron chi connectivity index (χ3n) is 2.85. The molecule has 0 heterocycles. The van der Waals surface area contributed by atoms with Gasteiger partial charge in [0, 0.05) is 11.4 Å². The van der Waals surface area contributed by atoms with Gasteiger partial charge in [-0.05, 0) is 42.3 Å². The lowest BCUT2D eigenvalue weighted by Crippen LogP contribution is -2.14. The van der Waals surface area contributed by atoms with E-state index in [1.54, 1.807) is 6.07 Å². The highest BCUT2D eigenvalue weighted by molar-refractivity contribution is 6.07. The molecule has 2 rings (SSSR count). The number of hydrogen-bond donors (Lipinski definition) is 2. The van der Waals surface area contributed by atoms with E-state index in [2.05, 4.69) is 5.32 Å². The minimum absolute atomic E-state index is 0.141. The summed E-state index contributed by atoms with van der Waals surface area (Å²) in [5, 5.41) is 2.72. The zero-order valence-electron chi connectivity index (χ0n) is 10.6. The predicted molar refractivity (Wildman–Crippen MR) is 74.6 cm³/mol. The van der Waals surface area contributed by atoms with Crippen LogP contribution in [0.1, 0.15) is 22.8 Å². The van der Waals surface area contributed by atoms with Gasteiger partial charge in [-0.1, -0.05) is 19.1 Å². The lowest BCUT2D eigenvalue weighted by Gasteiger charge is -2.08. The highest BCUT2D eigenvalue weighted by atomic mass is 19.1. The predicted octanol–water partition coefficient (Wildman–Crippen LogP) is 3.22. The molecule has 0 aliphatic heterocycles. The van der Waals surface area contributed by atoms with E-state index < -0.39 is 11.7 Å². The zero-order chi connectivity index (χ0) is 13.8. The van der Waals surface area contributed by atoms with Crippen molar-refractivity contribution in [1.29, 1.82) is 0 Å². The van der Waals surface area contributed by atoms with Crippen LogP contribution in [0.5, 0.6) is 0 Å². The average Bonchev–Trinajstić information content (AvgIpc) is 2.41. The molecule has 0 bridgehead atoms. The van der Waals surface area contributed by atoms with Gasteiger partial charge in [0.05, 0.1) is 5.56 Å². The summed E-state index contributed by atoms with van der Waals surface area (Å²) in [6, 6.07) is 11.3. The third-order valence-corrected chi connectivity index (χ3v) is 2.85. The van der Waals surface area contributed by atoms with Gasteiger partial charge in [-0.25, -0.2) is 4.39 Å². The van der Waals surface area contributed by atoms with Crippen LogP contribution in [0.15, 0.2) is 42.5 Å². The largest absolute Gasteiger partial charge is 0.398 e. The first-order chi connectivity index (χ1) is 9.10. The Morgan fingerprint density at radius 2 is 2.05 bits per heavy atom. The normalized spacial score (nSPS) is 10.2.